The Kier molecular flexibility index (Phi) is 5.12. The minimum absolute atomic E-state index is 0.248. The van der Waals surface area contributed by atoms with E-state index in [9.17, 15) is 13.2 Å². The minimum atomic E-state index is -3.57. The highest BCUT2D eigenvalue weighted by atomic mass is 32.2. The Hall–Kier alpha value is -1.90. The Morgan fingerprint density at radius 3 is 2.64 bits per heavy atom. The predicted octanol–water partition coefficient (Wildman–Crippen LogP) is 1.58. The molecule has 0 spiro atoms. The van der Waals surface area contributed by atoms with Gasteiger partial charge in [0.25, 0.3) is 10.2 Å². The Morgan fingerprint density at radius 2 is 1.96 bits per heavy atom. The molecular formula is C17H23N3O4S. The van der Waals surface area contributed by atoms with Crippen molar-refractivity contribution in [2.45, 2.75) is 26.3 Å². The molecule has 1 aromatic heterocycles. The zero-order chi connectivity index (χ0) is 18.0. The lowest BCUT2D eigenvalue weighted by Gasteiger charge is -2.29. The number of carboxylic acid groups (broad SMARTS) is 1. The lowest BCUT2D eigenvalue weighted by atomic mass is 9.99. The molecule has 1 aliphatic rings. The topological polar surface area (TPSA) is 91.6 Å². The Morgan fingerprint density at radius 1 is 1.28 bits per heavy atom. The van der Waals surface area contributed by atoms with Gasteiger partial charge in [0, 0.05) is 37.4 Å². The first-order valence-corrected chi connectivity index (χ1v) is 9.85. The van der Waals surface area contributed by atoms with Crippen LogP contribution in [0, 0.1) is 12.8 Å². The van der Waals surface area contributed by atoms with Gasteiger partial charge in [0.2, 0.25) is 0 Å². The van der Waals surface area contributed by atoms with Crippen molar-refractivity contribution < 1.29 is 18.3 Å². The van der Waals surface area contributed by atoms with Crippen LogP contribution in [0.5, 0.6) is 0 Å². The van der Waals surface area contributed by atoms with E-state index in [0.29, 0.717) is 25.9 Å². The van der Waals surface area contributed by atoms with E-state index in [2.05, 4.69) is 15.4 Å². The normalized spacial score (nSPS) is 17.2. The summed E-state index contributed by atoms with van der Waals surface area (Å²) in [5.41, 5.74) is 2.17. The number of para-hydroxylation sites is 1. The molecule has 1 aliphatic heterocycles. The van der Waals surface area contributed by atoms with Crippen LogP contribution in [0.15, 0.2) is 30.3 Å². The van der Waals surface area contributed by atoms with Gasteiger partial charge in [-0.1, -0.05) is 18.2 Å². The molecule has 0 amide bonds. The molecule has 1 aromatic carbocycles. The zero-order valence-electron chi connectivity index (χ0n) is 14.2. The van der Waals surface area contributed by atoms with E-state index in [4.69, 9.17) is 5.11 Å². The van der Waals surface area contributed by atoms with Crippen LogP contribution in [-0.2, 0) is 21.5 Å². The molecule has 0 atom stereocenters. The first-order chi connectivity index (χ1) is 11.9. The summed E-state index contributed by atoms with van der Waals surface area (Å²) in [6, 6.07) is 10.1. The summed E-state index contributed by atoms with van der Waals surface area (Å²) in [6.45, 7) is 3.34. The third-order valence-electron chi connectivity index (χ3n) is 4.78. The predicted molar refractivity (Wildman–Crippen MR) is 95.5 cm³/mol. The standard InChI is InChI=1S/C17H23N3O4S/c1-13-12-15-4-2-3-5-16(15)20(13)11-8-18-25(23,24)19-9-6-14(7-10-19)17(21)22/h2-5,12,14,18H,6-11H2,1H3,(H,21,22). The number of hydrogen-bond acceptors (Lipinski definition) is 3. The van der Waals surface area contributed by atoms with Crippen LogP contribution in [0.25, 0.3) is 10.9 Å². The highest BCUT2D eigenvalue weighted by Gasteiger charge is 2.30. The molecule has 0 bridgehead atoms. The Balaban J connectivity index is 1.59. The fraction of sp³-hybridized carbons (Fsp3) is 0.471. The highest BCUT2D eigenvalue weighted by molar-refractivity contribution is 7.87. The number of fused-ring (bicyclic) bond motifs is 1. The van der Waals surface area contributed by atoms with Crippen LogP contribution in [0.4, 0.5) is 0 Å². The number of nitrogens with one attached hydrogen (secondary N) is 1. The number of aliphatic carboxylic acids is 1. The van der Waals surface area contributed by atoms with Crippen molar-refractivity contribution in [2.24, 2.45) is 5.92 Å². The maximum Gasteiger partial charge on any atom is 0.306 e. The van der Waals surface area contributed by atoms with Crippen LogP contribution >= 0.6 is 0 Å². The molecule has 2 aromatic rings. The maximum atomic E-state index is 12.4. The number of piperidine rings is 1. The van der Waals surface area contributed by atoms with Crippen molar-refractivity contribution in [3.8, 4) is 0 Å². The SMILES string of the molecule is Cc1cc2ccccc2n1CCNS(=O)(=O)N1CCC(C(=O)O)CC1. The first-order valence-electron chi connectivity index (χ1n) is 8.41. The first kappa shape index (κ1) is 17.9. The molecule has 8 heteroatoms. The van der Waals surface area contributed by atoms with Gasteiger partial charge in [-0.25, -0.2) is 4.72 Å². The van der Waals surface area contributed by atoms with Crippen LogP contribution in [0.3, 0.4) is 0 Å². The number of rotatable bonds is 6. The summed E-state index contributed by atoms with van der Waals surface area (Å²) in [6.07, 6.45) is 0.717. The van der Waals surface area contributed by atoms with Gasteiger partial charge in [0.05, 0.1) is 5.92 Å². The third-order valence-corrected chi connectivity index (χ3v) is 6.39. The number of hydrogen-bond donors (Lipinski definition) is 2. The molecule has 2 N–H and O–H groups in total. The van der Waals surface area contributed by atoms with Crippen LogP contribution in [0.1, 0.15) is 18.5 Å². The highest BCUT2D eigenvalue weighted by Crippen LogP contribution is 2.20. The summed E-state index contributed by atoms with van der Waals surface area (Å²) in [7, 11) is -3.57. The quantitative estimate of drug-likeness (QED) is 0.813. The van der Waals surface area contributed by atoms with E-state index in [0.717, 1.165) is 16.6 Å². The van der Waals surface area contributed by atoms with Gasteiger partial charge in [-0.2, -0.15) is 12.7 Å². The van der Waals surface area contributed by atoms with E-state index >= 15 is 0 Å². The molecular weight excluding hydrogens is 342 g/mol. The van der Waals surface area contributed by atoms with Crippen molar-refractivity contribution in [3.05, 3.63) is 36.0 Å². The smallest absolute Gasteiger partial charge is 0.306 e. The largest absolute Gasteiger partial charge is 0.481 e. The van der Waals surface area contributed by atoms with Crippen molar-refractivity contribution in [2.75, 3.05) is 19.6 Å². The molecule has 3 rings (SSSR count). The van der Waals surface area contributed by atoms with Crippen molar-refractivity contribution in [3.63, 3.8) is 0 Å². The molecule has 0 radical (unpaired) electrons. The van der Waals surface area contributed by atoms with Crippen molar-refractivity contribution in [1.82, 2.24) is 13.6 Å². The molecule has 136 valence electrons. The number of aryl methyl sites for hydroxylation is 1. The lowest BCUT2D eigenvalue weighted by Crippen LogP contribution is -2.46. The van der Waals surface area contributed by atoms with Gasteiger partial charge in [0.15, 0.2) is 0 Å². The average molecular weight is 365 g/mol. The second-order valence-electron chi connectivity index (χ2n) is 6.41. The van der Waals surface area contributed by atoms with E-state index in [-0.39, 0.29) is 13.1 Å². The van der Waals surface area contributed by atoms with Crippen LogP contribution in [-0.4, -0.2) is 48.0 Å². The second-order valence-corrected chi connectivity index (χ2v) is 8.16. The summed E-state index contributed by atoms with van der Waals surface area (Å²) in [5, 5.41) is 10.1. The summed E-state index contributed by atoms with van der Waals surface area (Å²) in [5.74, 6) is -1.29. The van der Waals surface area contributed by atoms with E-state index in [1.165, 1.54) is 4.31 Å². The maximum absolute atomic E-state index is 12.4. The van der Waals surface area contributed by atoms with Crippen LogP contribution in [0.2, 0.25) is 0 Å². The summed E-state index contributed by atoms with van der Waals surface area (Å²) >= 11 is 0. The fourth-order valence-corrected chi connectivity index (χ4v) is 4.59. The van der Waals surface area contributed by atoms with Gasteiger partial charge in [-0.15, -0.1) is 0 Å². The van der Waals surface area contributed by atoms with E-state index < -0.39 is 22.1 Å². The lowest BCUT2D eigenvalue weighted by molar-refractivity contribution is -0.142. The molecule has 0 aliphatic carbocycles. The van der Waals surface area contributed by atoms with Crippen molar-refractivity contribution in [1.29, 1.82) is 0 Å². The Bertz CT molecular complexity index is 867. The molecule has 2 heterocycles. The Labute approximate surface area is 147 Å². The number of benzene rings is 1. The number of aromatic nitrogens is 1. The zero-order valence-corrected chi connectivity index (χ0v) is 15.0. The van der Waals surface area contributed by atoms with Gasteiger partial charge in [-0.05, 0) is 37.3 Å². The van der Waals surface area contributed by atoms with Crippen LogP contribution < -0.4 is 4.72 Å². The number of carboxylic acids is 1. The molecule has 1 fully saturated rings. The molecule has 1 saturated heterocycles. The molecule has 0 saturated carbocycles. The molecule has 0 unspecified atom stereocenters. The van der Waals surface area contributed by atoms with Gasteiger partial charge in [-0.3, -0.25) is 4.79 Å². The van der Waals surface area contributed by atoms with Gasteiger partial charge in [0.1, 0.15) is 0 Å². The summed E-state index contributed by atoms with van der Waals surface area (Å²) in [4.78, 5) is 11.0. The average Bonchev–Trinajstić information content (AvgIpc) is 2.90. The third kappa shape index (κ3) is 3.86. The van der Waals surface area contributed by atoms with Crippen molar-refractivity contribution >= 4 is 27.1 Å². The second kappa shape index (κ2) is 7.15. The molecule has 7 nitrogen and oxygen atoms in total. The van der Waals surface area contributed by atoms with E-state index in [1.807, 2.05) is 31.2 Å². The van der Waals surface area contributed by atoms with Gasteiger partial charge < -0.3 is 9.67 Å². The van der Waals surface area contributed by atoms with E-state index in [1.54, 1.807) is 0 Å². The van der Waals surface area contributed by atoms with Gasteiger partial charge >= 0.3 is 5.97 Å². The minimum Gasteiger partial charge on any atom is -0.481 e. The monoisotopic (exact) mass is 365 g/mol. The number of carbonyl (C=O) groups is 1. The summed E-state index contributed by atoms with van der Waals surface area (Å²) < 4.78 is 30.9. The fourth-order valence-electron chi connectivity index (χ4n) is 3.37. The number of nitrogens with zero attached hydrogens (tertiary/aromatic N) is 2. The molecule has 25 heavy (non-hydrogen) atoms.